The highest BCUT2D eigenvalue weighted by Gasteiger charge is 2.21. The van der Waals surface area contributed by atoms with Crippen LogP contribution in [0.2, 0.25) is 5.02 Å². The van der Waals surface area contributed by atoms with Crippen LogP contribution >= 0.6 is 11.6 Å². The number of anilines is 1. The molecule has 1 unspecified atom stereocenters. The number of hydrogen-bond donors (Lipinski definition) is 2. The molecule has 0 saturated carbocycles. The summed E-state index contributed by atoms with van der Waals surface area (Å²) in [6.07, 6.45) is -2.03. The molecule has 1 atom stereocenters. The maximum atomic E-state index is 12.8. The Bertz CT molecular complexity index is 1120. The second-order valence-electron chi connectivity index (χ2n) is 5.68. The molecule has 0 aliphatic heterocycles. The number of aromatic amines is 1. The number of methoxy groups -OCH3 is 2. The molecule has 2 aromatic heterocycles. The van der Waals surface area contributed by atoms with Crippen molar-refractivity contribution in [2.75, 3.05) is 18.9 Å². The van der Waals surface area contributed by atoms with Crippen molar-refractivity contribution >= 4 is 39.3 Å². The molecule has 0 bridgehead atoms. The van der Waals surface area contributed by atoms with Crippen LogP contribution in [0.5, 0.6) is 11.8 Å². The van der Waals surface area contributed by atoms with Gasteiger partial charge in [-0.05, 0) is 12.1 Å². The van der Waals surface area contributed by atoms with Gasteiger partial charge in [0.2, 0.25) is 24.1 Å². The Morgan fingerprint density at radius 1 is 1.21 bits per heavy atom. The van der Waals surface area contributed by atoms with Gasteiger partial charge in [-0.15, -0.1) is 0 Å². The topological polar surface area (TPSA) is 106 Å². The van der Waals surface area contributed by atoms with Crippen LogP contribution in [0.1, 0.15) is 5.56 Å². The predicted octanol–water partition coefficient (Wildman–Crippen LogP) is 2.93. The lowest BCUT2D eigenvalue weighted by Gasteiger charge is -2.14. The van der Waals surface area contributed by atoms with E-state index < -0.39 is 23.8 Å². The molecule has 29 heavy (non-hydrogen) atoms. The third kappa shape index (κ3) is 4.46. The average molecular weight is 445 g/mol. The van der Waals surface area contributed by atoms with Crippen LogP contribution in [0.25, 0.3) is 10.8 Å². The van der Waals surface area contributed by atoms with Crippen LogP contribution in [0, 0.1) is 0 Å². The van der Waals surface area contributed by atoms with Gasteiger partial charge in [-0.1, -0.05) is 17.7 Å². The van der Waals surface area contributed by atoms with Crippen molar-refractivity contribution in [3.8, 4) is 11.8 Å². The average Bonchev–Trinajstić information content (AvgIpc) is 2.68. The first-order valence-corrected chi connectivity index (χ1v) is 9.63. The van der Waals surface area contributed by atoms with Crippen molar-refractivity contribution in [3.63, 3.8) is 0 Å². The van der Waals surface area contributed by atoms with E-state index in [-0.39, 0.29) is 39.1 Å². The summed E-state index contributed by atoms with van der Waals surface area (Å²) in [5.41, 5.74) is -0.398. The first-order valence-electron chi connectivity index (χ1n) is 8.10. The normalized spacial score (nSPS) is 12.2. The molecule has 0 saturated heterocycles. The van der Waals surface area contributed by atoms with Crippen LogP contribution in [0.3, 0.4) is 0 Å². The van der Waals surface area contributed by atoms with E-state index in [0.29, 0.717) is 10.4 Å². The predicted molar refractivity (Wildman–Crippen MR) is 104 cm³/mol. The fourth-order valence-corrected chi connectivity index (χ4v) is 3.74. The summed E-state index contributed by atoms with van der Waals surface area (Å²) >= 11 is 5.92. The van der Waals surface area contributed by atoms with E-state index in [1.165, 1.54) is 26.5 Å². The van der Waals surface area contributed by atoms with E-state index in [1.807, 2.05) is 0 Å². The molecule has 0 aliphatic carbocycles. The van der Waals surface area contributed by atoms with Gasteiger partial charge in [-0.3, -0.25) is 9.52 Å². The summed E-state index contributed by atoms with van der Waals surface area (Å²) in [7, 11) is 0.612. The number of pyridine rings is 1. The van der Waals surface area contributed by atoms with Gasteiger partial charge >= 0.3 is 0 Å². The van der Waals surface area contributed by atoms with Crippen LogP contribution in [-0.2, 0) is 17.4 Å². The minimum atomic E-state index is -2.66. The summed E-state index contributed by atoms with van der Waals surface area (Å²) in [5.74, 6) is -0.423. The number of hydrogen-bond acceptors (Lipinski definition) is 6. The van der Waals surface area contributed by atoms with Crippen molar-refractivity contribution in [1.29, 1.82) is 0 Å². The smallest absolute Gasteiger partial charge is 0.255 e. The molecule has 0 radical (unpaired) electrons. The lowest BCUT2D eigenvalue weighted by molar-refractivity contribution is 0.146. The Morgan fingerprint density at radius 2 is 1.86 bits per heavy atom. The van der Waals surface area contributed by atoms with Crippen LogP contribution < -0.4 is 19.8 Å². The highest BCUT2D eigenvalue weighted by molar-refractivity contribution is 7.86. The third-order valence-electron chi connectivity index (χ3n) is 3.89. The lowest BCUT2D eigenvalue weighted by Crippen LogP contribution is -2.14. The summed E-state index contributed by atoms with van der Waals surface area (Å²) < 4.78 is 51.2. The maximum Gasteiger partial charge on any atom is 0.255 e. The van der Waals surface area contributed by atoms with Crippen molar-refractivity contribution in [3.05, 3.63) is 45.3 Å². The number of nitrogens with zero attached hydrogens (tertiary/aromatic N) is 2. The number of halogens is 3. The van der Waals surface area contributed by atoms with Gasteiger partial charge < -0.3 is 14.5 Å². The van der Waals surface area contributed by atoms with E-state index in [2.05, 4.69) is 19.7 Å². The van der Waals surface area contributed by atoms with E-state index in [4.69, 9.17) is 21.1 Å². The molecule has 2 heterocycles. The van der Waals surface area contributed by atoms with E-state index in [9.17, 15) is 17.8 Å². The summed E-state index contributed by atoms with van der Waals surface area (Å²) in [4.78, 5) is 22.7. The van der Waals surface area contributed by atoms with Crippen molar-refractivity contribution in [1.82, 2.24) is 15.0 Å². The SMILES string of the molecule is COc1nc(NS(=O)c2c[nH]c(=O)c3cc(Cl)ccc23)nc(OC)c1CC(F)F. The summed E-state index contributed by atoms with van der Waals surface area (Å²) in [5, 5.41) is 1.03. The highest BCUT2D eigenvalue weighted by Crippen LogP contribution is 2.29. The number of rotatable bonds is 7. The zero-order valence-electron chi connectivity index (χ0n) is 15.2. The van der Waals surface area contributed by atoms with E-state index >= 15 is 0 Å². The van der Waals surface area contributed by atoms with Crippen LogP contribution in [0.15, 0.2) is 34.1 Å². The molecule has 0 amide bonds. The standard InChI is InChI=1S/C17H15ClF2N4O4S/c1-27-15-11(6-13(19)20)16(28-2)23-17(22-15)24-29(26)12-7-21-14(25)10-5-8(18)3-4-9(10)12/h3-5,7,13H,6H2,1-2H3,(H,21,25)(H,22,23,24). The summed E-state index contributed by atoms with van der Waals surface area (Å²) in [6.45, 7) is 0. The Kier molecular flexibility index (Phi) is 6.28. The molecule has 0 spiro atoms. The number of H-pyrrole nitrogens is 1. The molecule has 2 N–H and O–H groups in total. The van der Waals surface area contributed by atoms with Crippen molar-refractivity contribution in [2.24, 2.45) is 0 Å². The second-order valence-corrected chi connectivity index (χ2v) is 7.30. The second kappa shape index (κ2) is 8.70. The van der Waals surface area contributed by atoms with Gasteiger partial charge in [-0.25, -0.2) is 13.0 Å². The number of alkyl halides is 2. The van der Waals surface area contributed by atoms with Crippen LogP contribution in [-0.4, -0.2) is 39.8 Å². The van der Waals surface area contributed by atoms with E-state index in [1.54, 1.807) is 12.1 Å². The lowest BCUT2D eigenvalue weighted by atomic mass is 10.2. The summed E-state index contributed by atoms with van der Waals surface area (Å²) in [6, 6.07) is 4.58. The first-order chi connectivity index (χ1) is 13.8. The molecule has 12 heteroatoms. The fraction of sp³-hybridized carbons (Fsp3) is 0.235. The van der Waals surface area contributed by atoms with Crippen LogP contribution in [0.4, 0.5) is 14.7 Å². The number of fused-ring (bicyclic) bond motifs is 1. The van der Waals surface area contributed by atoms with Crippen molar-refractivity contribution < 1.29 is 22.5 Å². The Morgan fingerprint density at radius 3 is 2.45 bits per heavy atom. The molecule has 3 aromatic rings. The molecule has 0 fully saturated rings. The molecule has 1 aromatic carbocycles. The first kappa shape index (κ1) is 20.9. The number of aromatic nitrogens is 3. The molecule has 8 nitrogen and oxygen atoms in total. The number of nitrogens with one attached hydrogen (secondary N) is 2. The quantitative estimate of drug-likeness (QED) is 0.580. The maximum absolute atomic E-state index is 12.8. The van der Waals surface area contributed by atoms with Gasteiger partial charge in [-0.2, -0.15) is 9.97 Å². The Balaban J connectivity index is 2.00. The molecule has 154 valence electrons. The minimum Gasteiger partial charge on any atom is -0.481 e. The highest BCUT2D eigenvalue weighted by atomic mass is 35.5. The van der Waals surface area contributed by atoms with E-state index in [0.717, 1.165) is 0 Å². The van der Waals surface area contributed by atoms with Gasteiger partial charge in [0.15, 0.2) is 11.0 Å². The molecule has 0 aliphatic rings. The zero-order valence-corrected chi connectivity index (χ0v) is 16.7. The zero-order chi connectivity index (χ0) is 21.1. The van der Waals surface area contributed by atoms with Gasteiger partial charge in [0.25, 0.3) is 5.56 Å². The third-order valence-corrected chi connectivity index (χ3v) is 5.23. The monoisotopic (exact) mass is 444 g/mol. The number of ether oxygens (including phenoxy) is 2. The molecule has 3 rings (SSSR count). The van der Waals surface area contributed by atoms with Gasteiger partial charge in [0.05, 0.1) is 24.7 Å². The van der Waals surface area contributed by atoms with Crippen molar-refractivity contribution in [2.45, 2.75) is 17.7 Å². The Labute approximate surface area is 170 Å². The minimum absolute atomic E-state index is 0.00883. The largest absolute Gasteiger partial charge is 0.481 e. The van der Waals surface area contributed by atoms with Gasteiger partial charge in [0, 0.05) is 28.4 Å². The molecular formula is C17H15ClF2N4O4S. The fourth-order valence-electron chi connectivity index (χ4n) is 2.65. The van der Waals surface area contributed by atoms with Gasteiger partial charge in [0.1, 0.15) is 0 Å². The number of benzene rings is 1. The Hall–Kier alpha value is -2.79. The molecular weight excluding hydrogens is 430 g/mol.